The van der Waals surface area contributed by atoms with Crippen molar-refractivity contribution >= 4 is 36.7 Å². The van der Waals surface area contributed by atoms with Crippen LogP contribution in [0.5, 0.6) is 0 Å². The average Bonchev–Trinajstić information content (AvgIpc) is 3.42. The van der Waals surface area contributed by atoms with Crippen LogP contribution in [0.1, 0.15) is 19.1 Å². The van der Waals surface area contributed by atoms with Crippen molar-refractivity contribution in [3.05, 3.63) is 12.7 Å². The number of anilines is 1. The molecule has 39 heavy (non-hydrogen) atoms. The van der Waals surface area contributed by atoms with E-state index in [2.05, 4.69) is 15.0 Å². The fourth-order valence-corrected chi connectivity index (χ4v) is 4.05. The molecule has 3 rings (SSSR count). The summed E-state index contributed by atoms with van der Waals surface area (Å²) in [6.45, 7) is -0.653. The van der Waals surface area contributed by atoms with Crippen molar-refractivity contribution < 1.29 is 61.0 Å². The number of phosphoric acid groups is 1. The zero-order chi connectivity index (χ0) is 29.5. The number of carbonyl (C=O) groups is 2. The van der Waals surface area contributed by atoms with E-state index in [4.69, 9.17) is 45.4 Å². The number of aromatic nitrogens is 4. The van der Waals surface area contributed by atoms with Crippen molar-refractivity contribution in [3.8, 4) is 0 Å². The van der Waals surface area contributed by atoms with Crippen LogP contribution < -0.4 is 17.2 Å². The largest absolute Gasteiger partial charge is 0.490 e. The normalized spacial score (nSPS) is 23.6. The van der Waals surface area contributed by atoms with Gasteiger partial charge in [0.1, 0.15) is 30.2 Å². The van der Waals surface area contributed by atoms with E-state index in [-0.39, 0.29) is 25.3 Å². The summed E-state index contributed by atoms with van der Waals surface area (Å²) in [5.74, 6) is -3.13. The number of fused-ring (bicyclic) bond motifs is 1. The molecule has 6 atom stereocenters. The molecule has 1 saturated heterocycles. The Morgan fingerprint density at radius 3 is 2.44 bits per heavy atom. The highest BCUT2D eigenvalue weighted by atomic mass is 31.2. The first-order valence-corrected chi connectivity index (χ1v) is 12.3. The van der Waals surface area contributed by atoms with Crippen LogP contribution in [0.25, 0.3) is 11.2 Å². The zero-order valence-electron chi connectivity index (χ0n) is 20.2. The molecule has 0 radical (unpaired) electrons. The number of alkyl halides is 3. The molecular weight excluding hydrogens is 562 g/mol. The molecule has 1 aliphatic rings. The highest BCUT2D eigenvalue weighted by Crippen LogP contribution is 2.49. The number of aliphatic hydroxyl groups is 2. The van der Waals surface area contributed by atoms with Crippen LogP contribution in [0.2, 0.25) is 0 Å². The lowest BCUT2D eigenvalue weighted by Gasteiger charge is -2.21. The van der Waals surface area contributed by atoms with E-state index in [1.165, 1.54) is 17.2 Å². The molecule has 0 aliphatic carbocycles. The molecule has 1 aliphatic heterocycles. The monoisotopic (exact) mass is 589 g/mol. The van der Waals surface area contributed by atoms with Gasteiger partial charge in [-0.15, -0.1) is 0 Å². The van der Waals surface area contributed by atoms with Crippen molar-refractivity contribution in [2.75, 3.05) is 26.1 Å². The smallest absolute Gasteiger partial charge is 0.475 e. The molecule has 9 N–H and O–H groups in total. The van der Waals surface area contributed by atoms with Crippen LogP contribution in [-0.2, 0) is 32.5 Å². The van der Waals surface area contributed by atoms with Crippen molar-refractivity contribution in [2.45, 2.75) is 49.6 Å². The number of nitrogens with zero attached hydrogens (tertiary/aromatic N) is 4. The number of nitrogen functional groups attached to an aromatic ring is 1. The van der Waals surface area contributed by atoms with Crippen molar-refractivity contribution in [2.24, 2.45) is 11.5 Å². The van der Waals surface area contributed by atoms with Gasteiger partial charge in [-0.2, -0.15) is 13.2 Å². The molecular formula is C18H27F3N7O10P. The number of hydrogen-bond acceptors (Lipinski definition) is 14. The summed E-state index contributed by atoms with van der Waals surface area (Å²) < 4.78 is 66.7. The first kappa shape index (κ1) is 32.2. The van der Waals surface area contributed by atoms with Crippen LogP contribution in [0.3, 0.4) is 0 Å². The SMILES string of the molecule is COP(=O)(OCC(N)CCC(N)=O)OC[C@H]1O[C@@H](n2cnc3c(N)ncnc32)[C@H](O)[C@@H]1O.O=C(O)C(F)(F)F. The number of carboxylic acids is 1. The van der Waals surface area contributed by atoms with Gasteiger partial charge in [0.2, 0.25) is 5.91 Å². The number of aliphatic carboxylic acids is 1. The van der Waals surface area contributed by atoms with Gasteiger partial charge in [-0.25, -0.2) is 24.3 Å². The predicted octanol–water partition coefficient (Wildman–Crippen LogP) is -0.958. The maximum Gasteiger partial charge on any atom is 0.490 e. The molecule has 2 aromatic heterocycles. The average molecular weight is 589 g/mol. The summed E-state index contributed by atoms with van der Waals surface area (Å²) in [6, 6.07) is -0.627. The maximum absolute atomic E-state index is 12.6. The Labute approximate surface area is 217 Å². The molecule has 220 valence electrons. The van der Waals surface area contributed by atoms with Gasteiger partial charge in [0.25, 0.3) is 0 Å². The number of primary amides is 1. The van der Waals surface area contributed by atoms with Crippen molar-refractivity contribution in [1.82, 2.24) is 19.5 Å². The quantitative estimate of drug-likeness (QED) is 0.172. The minimum Gasteiger partial charge on any atom is -0.475 e. The second-order valence-corrected chi connectivity index (χ2v) is 9.69. The van der Waals surface area contributed by atoms with Crippen molar-refractivity contribution in [3.63, 3.8) is 0 Å². The number of rotatable bonds is 11. The Bertz CT molecular complexity index is 1190. The standard InChI is InChI=1S/C16H26N7O8P.C2HF3O2/c1-28-32(27,29-4-8(17)2-3-10(18)24)30-5-9-12(25)13(26)16(31-9)23-7-22-11-14(19)20-6-21-15(11)23;3-2(4,5)1(6)7/h6-9,12-13,16,25-26H,2-5,17H2,1H3,(H2,18,24)(H2,19,20,21);(H,6,7)/t8?,9-,12-,13-,16-,32?;/m1./s1. The van der Waals surface area contributed by atoms with Gasteiger partial charge in [-0.05, 0) is 6.42 Å². The highest BCUT2D eigenvalue weighted by molar-refractivity contribution is 7.48. The molecule has 21 heteroatoms. The lowest BCUT2D eigenvalue weighted by Crippen LogP contribution is -2.34. The number of amides is 1. The van der Waals surface area contributed by atoms with E-state index in [9.17, 15) is 32.7 Å². The second kappa shape index (κ2) is 13.4. The predicted molar refractivity (Wildman–Crippen MR) is 122 cm³/mol. The van der Waals surface area contributed by atoms with Crippen LogP contribution in [0.15, 0.2) is 12.7 Å². The maximum atomic E-state index is 12.6. The number of aliphatic hydroxyl groups excluding tert-OH is 2. The van der Waals surface area contributed by atoms with E-state index in [0.29, 0.717) is 11.2 Å². The Balaban J connectivity index is 0.000000673. The van der Waals surface area contributed by atoms with Crippen LogP contribution in [0, 0.1) is 0 Å². The Hall–Kier alpha value is -2.97. The minimum atomic E-state index is -5.08. The van der Waals surface area contributed by atoms with E-state index in [1.807, 2.05) is 0 Å². The number of carbonyl (C=O) groups excluding carboxylic acids is 1. The molecule has 2 unspecified atom stereocenters. The van der Waals surface area contributed by atoms with Gasteiger partial charge in [0.05, 0.1) is 19.5 Å². The third-order valence-corrected chi connectivity index (χ3v) is 6.45. The highest BCUT2D eigenvalue weighted by Gasteiger charge is 2.45. The zero-order valence-corrected chi connectivity index (χ0v) is 21.1. The van der Waals surface area contributed by atoms with Gasteiger partial charge in [0, 0.05) is 19.6 Å². The first-order valence-electron chi connectivity index (χ1n) is 10.8. The summed E-state index contributed by atoms with van der Waals surface area (Å²) in [4.78, 5) is 31.7. The number of imidazole rings is 1. The Kier molecular flexibility index (Phi) is 11.1. The molecule has 0 bridgehead atoms. The fraction of sp³-hybridized carbons (Fsp3) is 0.611. The molecule has 0 saturated carbocycles. The molecule has 0 aromatic carbocycles. The summed E-state index contributed by atoms with van der Waals surface area (Å²) in [5.41, 5.74) is 17.2. The summed E-state index contributed by atoms with van der Waals surface area (Å²) in [5, 5.41) is 28.0. The van der Waals surface area contributed by atoms with Gasteiger partial charge < -0.3 is 37.3 Å². The van der Waals surface area contributed by atoms with E-state index >= 15 is 0 Å². The van der Waals surface area contributed by atoms with E-state index in [0.717, 1.165) is 7.11 Å². The first-order chi connectivity index (χ1) is 18.1. The molecule has 1 amide bonds. The lowest BCUT2D eigenvalue weighted by molar-refractivity contribution is -0.192. The van der Waals surface area contributed by atoms with Crippen LogP contribution in [0.4, 0.5) is 19.0 Å². The van der Waals surface area contributed by atoms with Gasteiger partial charge in [0.15, 0.2) is 17.7 Å². The molecule has 2 aromatic rings. The molecule has 3 heterocycles. The van der Waals surface area contributed by atoms with E-state index < -0.39 is 63.1 Å². The number of hydrogen-bond donors (Lipinski definition) is 6. The Morgan fingerprint density at radius 1 is 1.23 bits per heavy atom. The van der Waals surface area contributed by atoms with E-state index in [1.54, 1.807) is 0 Å². The third-order valence-electron chi connectivity index (χ3n) is 5.07. The number of nitrogens with two attached hydrogens (primary N) is 3. The lowest BCUT2D eigenvalue weighted by atomic mass is 10.1. The number of halogens is 3. The second-order valence-electron chi connectivity index (χ2n) is 7.92. The topological polar surface area (TPSA) is 270 Å². The van der Waals surface area contributed by atoms with Crippen LogP contribution >= 0.6 is 7.82 Å². The van der Waals surface area contributed by atoms with Gasteiger partial charge >= 0.3 is 20.0 Å². The number of ether oxygens (including phenoxy) is 1. The van der Waals surface area contributed by atoms with Crippen LogP contribution in [-0.4, -0.2) is 97.6 Å². The summed E-state index contributed by atoms with van der Waals surface area (Å²) in [7, 11) is -2.94. The fourth-order valence-electron chi connectivity index (χ4n) is 3.06. The number of phosphoric ester groups is 1. The summed E-state index contributed by atoms with van der Waals surface area (Å²) in [6.07, 6.45) is -7.15. The Morgan fingerprint density at radius 2 is 1.87 bits per heavy atom. The molecule has 0 spiro atoms. The third kappa shape index (κ3) is 8.77. The number of carboxylic acid groups (broad SMARTS) is 1. The molecule has 17 nitrogen and oxygen atoms in total. The van der Waals surface area contributed by atoms with Crippen molar-refractivity contribution in [1.29, 1.82) is 0 Å². The van der Waals surface area contributed by atoms with Gasteiger partial charge in [-0.3, -0.25) is 22.9 Å². The molecule has 1 fully saturated rings. The summed E-state index contributed by atoms with van der Waals surface area (Å²) >= 11 is 0. The van der Waals surface area contributed by atoms with Gasteiger partial charge in [-0.1, -0.05) is 0 Å². The minimum absolute atomic E-state index is 0.0452.